The second kappa shape index (κ2) is 21.2. The van der Waals surface area contributed by atoms with Crippen LogP contribution in [0.15, 0.2) is 73.3 Å². The fourth-order valence-electron chi connectivity index (χ4n) is 10.9. The highest BCUT2D eigenvalue weighted by Crippen LogP contribution is 2.47. The maximum atomic E-state index is 12.3. The molecule has 1 amide bonds. The summed E-state index contributed by atoms with van der Waals surface area (Å²) in [4.78, 5) is 57.7. The Labute approximate surface area is 392 Å². The first-order chi connectivity index (χ1) is 32.6. The van der Waals surface area contributed by atoms with Gasteiger partial charge in [0, 0.05) is 48.5 Å². The number of ether oxygens (including phenoxy) is 2. The summed E-state index contributed by atoms with van der Waals surface area (Å²) in [6.45, 7) is 7.72. The molecule has 6 heterocycles. The van der Waals surface area contributed by atoms with E-state index in [1.165, 1.54) is 92.7 Å². The van der Waals surface area contributed by atoms with Gasteiger partial charge in [0.1, 0.15) is 11.6 Å². The van der Waals surface area contributed by atoms with Crippen molar-refractivity contribution in [3.63, 3.8) is 0 Å². The van der Waals surface area contributed by atoms with Crippen LogP contribution in [0.2, 0.25) is 0 Å². The van der Waals surface area contributed by atoms with Gasteiger partial charge in [0.25, 0.3) is 5.91 Å². The fraction of sp³-hybridized carbons (Fsp3) is 0.558. The van der Waals surface area contributed by atoms with E-state index in [2.05, 4.69) is 78.3 Å². The maximum absolute atomic E-state index is 12.3. The molecule has 4 saturated heterocycles. The maximum Gasteiger partial charge on any atom is 0.315 e. The van der Waals surface area contributed by atoms with Crippen molar-refractivity contribution in [3.05, 3.63) is 118 Å². The number of nitrogens with zero attached hydrogens (tertiary/aromatic N) is 6. The smallest absolute Gasteiger partial charge is 0.315 e. The zero-order valence-corrected chi connectivity index (χ0v) is 38.4. The number of hydrogen-bond acceptors (Lipinski definition) is 12. The summed E-state index contributed by atoms with van der Waals surface area (Å²) in [6.07, 6.45) is 16.2. The molecule has 67 heavy (non-hydrogen) atoms. The molecule has 356 valence electrons. The number of Topliss-reactive ketones (excluding diaryl/α,β-unsaturated/α-hetero) is 2. The van der Waals surface area contributed by atoms with Crippen molar-refractivity contribution in [2.24, 2.45) is 5.73 Å². The molecule has 2 aliphatic carbocycles. The quantitative estimate of drug-likeness (QED) is 0.124. The van der Waals surface area contributed by atoms with Gasteiger partial charge in [0.05, 0.1) is 62.7 Å². The molecule has 2 saturated carbocycles. The molecule has 15 heteroatoms. The summed E-state index contributed by atoms with van der Waals surface area (Å²) in [7, 11) is 0. The highest BCUT2D eigenvalue weighted by atomic mass is 19.3. The number of alkyl halides is 2. The van der Waals surface area contributed by atoms with E-state index in [-0.39, 0.29) is 28.7 Å². The number of rotatable bonds is 16. The number of nitrogens with two attached hydrogens (primary N) is 1. The van der Waals surface area contributed by atoms with Crippen LogP contribution >= 0.6 is 0 Å². The van der Waals surface area contributed by atoms with E-state index in [4.69, 9.17) is 15.2 Å². The lowest BCUT2D eigenvalue weighted by Crippen LogP contribution is -2.51. The van der Waals surface area contributed by atoms with E-state index in [0.717, 1.165) is 71.0 Å². The number of nitrogens with one attached hydrogen (secondary N) is 1. The number of benzene rings is 2. The van der Waals surface area contributed by atoms with Gasteiger partial charge in [-0.25, -0.2) is 19.9 Å². The first-order valence-corrected chi connectivity index (χ1v) is 24.4. The summed E-state index contributed by atoms with van der Waals surface area (Å²) < 4.78 is 35.3. The van der Waals surface area contributed by atoms with Crippen molar-refractivity contribution in [3.8, 4) is 0 Å². The van der Waals surface area contributed by atoms with Crippen molar-refractivity contribution in [2.75, 3.05) is 65.7 Å². The van der Waals surface area contributed by atoms with E-state index in [1.54, 1.807) is 12.4 Å². The summed E-state index contributed by atoms with van der Waals surface area (Å²) in [5, 5.41) is 1.91. The SMILES string of the molecule is NCC(=O)c1cnc(CC2(c3ccc(C4CCN(C5COC5)CC4)cc3)CCC2)nc1.O=C(CNC(=O)C(F)F)c1cnc(CC2(c3ccc(C4CCN(C5COC5)CC4)cc3)CCC2)nc1. The Balaban J connectivity index is 0.000000170. The van der Waals surface area contributed by atoms with Crippen molar-refractivity contribution < 1.29 is 32.6 Å². The van der Waals surface area contributed by atoms with Gasteiger partial charge in [0.15, 0.2) is 11.6 Å². The first-order valence-electron chi connectivity index (χ1n) is 24.4. The van der Waals surface area contributed by atoms with Crippen molar-refractivity contribution in [2.45, 2.75) is 118 Å². The van der Waals surface area contributed by atoms with Crippen LogP contribution < -0.4 is 11.1 Å². The Bertz CT molecular complexity index is 2280. The van der Waals surface area contributed by atoms with Crippen molar-refractivity contribution in [1.29, 1.82) is 0 Å². The predicted octanol–water partition coefficient (Wildman–Crippen LogP) is 6.14. The van der Waals surface area contributed by atoms with Gasteiger partial charge in [0.2, 0.25) is 0 Å². The molecule has 0 bridgehead atoms. The van der Waals surface area contributed by atoms with E-state index < -0.39 is 24.7 Å². The average molecular weight is 919 g/mol. The van der Waals surface area contributed by atoms with Gasteiger partial charge in [-0.3, -0.25) is 24.2 Å². The van der Waals surface area contributed by atoms with Gasteiger partial charge in [-0.05, 0) is 112 Å². The average Bonchev–Trinajstić information content (AvgIpc) is 3.30. The minimum absolute atomic E-state index is 0.00286. The van der Waals surface area contributed by atoms with Crippen LogP contribution in [0.4, 0.5) is 8.78 Å². The van der Waals surface area contributed by atoms with Gasteiger partial charge in [-0.1, -0.05) is 61.4 Å². The van der Waals surface area contributed by atoms with Gasteiger partial charge in [-0.2, -0.15) is 8.78 Å². The predicted molar refractivity (Wildman–Crippen MR) is 248 cm³/mol. The van der Waals surface area contributed by atoms with Crippen LogP contribution in [0, 0.1) is 0 Å². The zero-order valence-electron chi connectivity index (χ0n) is 38.4. The topological polar surface area (TPSA) is 166 Å². The minimum atomic E-state index is -3.15. The Morgan fingerprint density at radius 1 is 0.627 bits per heavy atom. The number of carbonyl (C=O) groups is 3. The summed E-state index contributed by atoms with van der Waals surface area (Å²) in [6, 6.07) is 19.8. The minimum Gasteiger partial charge on any atom is -0.378 e. The number of aromatic nitrogens is 4. The largest absolute Gasteiger partial charge is 0.378 e. The second-order valence-corrected chi connectivity index (χ2v) is 19.7. The number of carbonyl (C=O) groups excluding carboxylic acids is 3. The second-order valence-electron chi connectivity index (χ2n) is 19.7. The zero-order chi connectivity index (χ0) is 46.4. The normalized spacial score (nSPS) is 21.2. The molecule has 10 rings (SSSR count). The van der Waals surface area contributed by atoms with Crippen LogP contribution in [0.5, 0.6) is 0 Å². The molecule has 3 N–H and O–H groups in total. The van der Waals surface area contributed by atoms with Crippen LogP contribution in [-0.4, -0.2) is 131 Å². The lowest BCUT2D eigenvalue weighted by atomic mass is 9.62. The van der Waals surface area contributed by atoms with E-state index in [0.29, 0.717) is 41.7 Å². The Morgan fingerprint density at radius 2 is 1.01 bits per heavy atom. The number of amides is 1. The molecule has 0 spiro atoms. The highest BCUT2D eigenvalue weighted by molar-refractivity contribution is 5.99. The van der Waals surface area contributed by atoms with Gasteiger partial charge < -0.3 is 20.5 Å². The third-order valence-corrected chi connectivity index (χ3v) is 15.8. The molecule has 0 unspecified atom stereocenters. The standard InChI is InChI=1S/C27H32F2N4O3.C25H32N4O2/c28-25(29)26(35)32-15-23(34)20-13-30-24(31-14-20)12-27(8-1-9-27)21-4-2-18(3-5-21)19-6-10-33(11-7-19)22-16-36-17-22;26-13-23(30)20-14-27-24(28-15-20)12-25(8-1-9-25)21-4-2-18(3-5-21)19-6-10-29(11-7-19)22-16-31-17-22/h2-5,13-14,19,22,25H,1,6-12,15-17H2,(H,32,35);2-5,14-15,19,22H,1,6-13,16-17,26H2. The van der Waals surface area contributed by atoms with E-state index >= 15 is 0 Å². The van der Waals surface area contributed by atoms with Gasteiger partial charge in [-0.15, -0.1) is 0 Å². The van der Waals surface area contributed by atoms with Crippen molar-refractivity contribution >= 4 is 17.5 Å². The number of hydrogen-bond donors (Lipinski definition) is 2. The van der Waals surface area contributed by atoms with Crippen LogP contribution in [0.1, 0.15) is 131 Å². The summed E-state index contributed by atoms with van der Waals surface area (Å²) >= 11 is 0. The molecule has 0 atom stereocenters. The lowest BCUT2D eigenvalue weighted by molar-refractivity contribution is -0.131. The van der Waals surface area contributed by atoms with E-state index in [9.17, 15) is 23.2 Å². The molecule has 6 fully saturated rings. The number of halogens is 2. The van der Waals surface area contributed by atoms with Gasteiger partial charge >= 0.3 is 6.43 Å². The molecule has 0 radical (unpaired) electrons. The third-order valence-electron chi connectivity index (χ3n) is 15.8. The first kappa shape index (κ1) is 47.1. The molecule has 2 aromatic carbocycles. The fourth-order valence-corrected chi connectivity index (χ4v) is 10.9. The number of ketones is 2. The molecular weight excluding hydrogens is 855 g/mol. The Hall–Kier alpha value is -4.93. The summed E-state index contributed by atoms with van der Waals surface area (Å²) in [5.74, 6) is 0.646. The number of likely N-dealkylation sites (tertiary alicyclic amines) is 2. The monoisotopic (exact) mass is 918 g/mol. The Kier molecular flexibility index (Phi) is 14.9. The summed E-state index contributed by atoms with van der Waals surface area (Å²) in [5.41, 5.74) is 11.8. The molecule has 4 aliphatic heterocycles. The van der Waals surface area contributed by atoms with E-state index in [1.807, 2.05) is 5.32 Å². The molecule has 2 aromatic heterocycles. The van der Waals surface area contributed by atoms with Crippen LogP contribution in [-0.2, 0) is 37.9 Å². The molecular formula is C52H64F2N8O5. The lowest BCUT2D eigenvalue weighted by Gasteiger charge is -2.43. The number of piperidine rings is 2. The highest BCUT2D eigenvalue weighted by Gasteiger charge is 2.41. The third kappa shape index (κ3) is 10.9. The molecule has 13 nitrogen and oxygen atoms in total. The van der Waals surface area contributed by atoms with Crippen LogP contribution in [0.3, 0.4) is 0 Å². The molecule has 4 aromatic rings. The Morgan fingerprint density at radius 3 is 1.33 bits per heavy atom. The van der Waals surface area contributed by atoms with Crippen LogP contribution in [0.25, 0.3) is 0 Å². The molecule has 6 aliphatic rings. The van der Waals surface area contributed by atoms with Crippen molar-refractivity contribution in [1.82, 2.24) is 35.1 Å².